The lowest BCUT2D eigenvalue weighted by Crippen LogP contribution is -2.19. The largest absolute Gasteiger partial charge is 0.484 e. The van der Waals surface area contributed by atoms with Crippen molar-refractivity contribution in [2.75, 3.05) is 6.61 Å². The number of ether oxygens (including phenoxy) is 1. The fourth-order valence-corrected chi connectivity index (χ4v) is 1.08. The number of alkyl halides is 4. The molecule has 0 N–H and O–H groups in total. The summed E-state index contributed by atoms with van der Waals surface area (Å²) in [5.74, 6) is 0.306. The molecule has 1 aromatic rings. The van der Waals surface area contributed by atoms with E-state index in [0.29, 0.717) is 11.3 Å². The number of halogens is 4. The normalized spacial score (nSPS) is 11.5. The maximum absolute atomic E-state index is 11.9. The molecule has 1 heterocycles. The first-order valence-corrected chi connectivity index (χ1v) is 4.67. The number of rotatable bonds is 3. The van der Waals surface area contributed by atoms with E-state index in [4.69, 9.17) is 11.6 Å². The number of hydrogen-bond donors (Lipinski definition) is 0. The Bertz CT molecular complexity index is 341. The molecule has 2 nitrogen and oxygen atoms in total. The summed E-state index contributed by atoms with van der Waals surface area (Å²) >= 11 is 5.50. The van der Waals surface area contributed by atoms with Crippen LogP contribution in [0.2, 0.25) is 0 Å². The Labute approximate surface area is 90.0 Å². The molecule has 0 amide bonds. The topological polar surface area (TPSA) is 22.1 Å². The summed E-state index contributed by atoms with van der Waals surface area (Å²) < 4.78 is 40.3. The molecule has 0 radical (unpaired) electrons. The quantitative estimate of drug-likeness (QED) is 0.757. The molecule has 0 saturated heterocycles. The maximum atomic E-state index is 11.9. The van der Waals surface area contributed by atoms with E-state index < -0.39 is 12.8 Å². The van der Waals surface area contributed by atoms with Gasteiger partial charge < -0.3 is 4.74 Å². The number of hydrogen-bond acceptors (Lipinski definition) is 2. The standard InChI is InChI=1S/C9H9ClF3NO/c1-6-4-14-7(3-10)2-8(6)15-5-9(11,12)13/h2,4H,3,5H2,1H3. The predicted octanol–water partition coefficient (Wildman–Crippen LogP) is 3.07. The van der Waals surface area contributed by atoms with E-state index in [9.17, 15) is 13.2 Å². The van der Waals surface area contributed by atoms with Gasteiger partial charge >= 0.3 is 6.18 Å². The van der Waals surface area contributed by atoms with Crippen molar-refractivity contribution in [2.24, 2.45) is 0 Å². The molecule has 0 aliphatic rings. The molecular weight excluding hydrogens is 231 g/mol. The van der Waals surface area contributed by atoms with E-state index in [-0.39, 0.29) is 11.6 Å². The summed E-state index contributed by atoms with van der Waals surface area (Å²) in [5, 5.41) is 0. The van der Waals surface area contributed by atoms with Crippen LogP contribution in [0.15, 0.2) is 12.3 Å². The predicted molar refractivity (Wildman–Crippen MR) is 50.1 cm³/mol. The van der Waals surface area contributed by atoms with Crippen LogP contribution in [0.4, 0.5) is 13.2 Å². The molecule has 0 aromatic carbocycles. The molecule has 0 unspecified atom stereocenters. The molecule has 0 saturated carbocycles. The molecule has 0 aliphatic carbocycles. The highest BCUT2D eigenvalue weighted by Gasteiger charge is 2.28. The van der Waals surface area contributed by atoms with Gasteiger partial charge in [-0.3, -0.25) is 4.98 Å². The van der Waals surface area contributed by atoms with Crippen LogP contribution in [0.3, 0.4) is 0 Å². The van der Waals surface area contributed by atoms with Gasteiger partial charge in [-0.25, -0.2) is 0 Å². The van der Waals surface area contributed by atoms with Gasteiger partial charge in [-0.05, 0) is 6.92 Å². The first kappa shape index (κ1) is 12.1. The number of pyridine rings is 1. The Morgan fingerprint density at radius 1 is 1.47 bits per heavy atom. The minimum absolute atomic E-state index is 0.142. The van der Waals surface area contributed by atoms with Crippen molar-refractivity contribution in [3.8, 4) is 5.75 Å². The van der Waals surface area contributed by atoms with E-state index in [2.05, 4.69) is 9.72 Å². The molecule has 0 aliphatic heterocycles. The Morgan fingerprint density at radius 2 is 2.13 bits per heavy atom. The molecule has 6 heteroatoms. The average molecular weight is 240 g/mol. The Kier molecular flexibility index (Phi) is 3.79. The van der Waals surface area contributed by atoms with Gasteiger partial charge in [0.2, 0.25) is 0 Å². The van der Waals surface area contributed by atoms with E-state index in [1.807, 2.05) is 0 Å². The Morgan fingerprint density at radius 3 is 2.67 bits per heavy atom. The summed E-state index contributed by atoms with van der Waals surface area (Å²) in [6.45, 7) is 0.316. The van der Waals surface area contributed by atoms with E-state index in [1.54, 1.807) is 6.92 Å². The zero-order valence-electron chi connectivity index (χ0n) is 7.94. The monoisotopic (exact) mass is 239 g/mol. The number of nitrogens with zero attached hydrogens (tertiary/aromatic N) is 1. The van der Waals surface area contributed by atoms with Crippen LogP contribution in [0.5, 0.6) is 5.75 Å². The van der Waals surface area contributed by atoms with Crippen molar-refractivity contribution < 1.29 is 17.9 Å². The molecule has 1 aromatic heterocycles. The van der Waals surface area contributed by atoms with Gasteiger partial charge in [0.1, 0.15) is 5.75 Å². The van der Waals surface area contributed by atoms with Crippen LogP contribution in [0.25, 0.3) is 0 Å². The minimum atomic E-state index is -4.34. The van der Waals surface area contributed by atoms with Crippen molar-refractivity contribution in [3.63, 3.8) is 0 Å². The van der Waals surface area contributed by atoms with E-state index >= 15 is 0 Å². The first-order valence-electron chi connectivity index (χ1n) is 4.13. The smallest absolute Gasteiger partial charge is 0.422 e. The third-order valence-electron chi connectivity index (χ3n) is 1.64. The molecule has 0 bridgehead atoms. The van der Waals surface area contributed by atoms with Crippen molar-refractivity contribution in [3.05, 3.63) is 23.5 Å². The van der Waals surface area contributed by atoms with E-state index in [1.165, 1.54) is 12.3 Å². The summed E-state index contributed by atoms with van der Waals surface area (Å²) in [4.78, 5) is 3.91. The van der Waals surface area contributed by atoms with Crippen LogP contribution in [0.1, 0.15) is 11.3 Å². The molecule has 0 atom stereocenters. The average Bonchev–Trinajstić information content (AvgIpc) is 2.15. The third-order valence-corrected chi connectivity index (χ3v) is 1.91. The molecule has 84 valence electrons. The highest BCUT2D eigenvalue weighted by Crippen LogP contribution is 2.22. The van der Waals surface area contributed by atoms with Gasteiger partial charge in [-0.2, -0.15) is 13.2 Å². The Balaban J connectivity index is 2.75. The second kappa shape index (κ2) is 4.70. The van der Waals surface area contributed by atoms with Crippen LogP contribution in [-0.4, -0.2) is 17.8 Å². The van der Waals surface area contributed by atoms with Gasteiger partial charge in [0, 0.05) is 17.8 Å². The van der Waals surface area contributed by atoms with Crippen LogP contribution in [0, 0.1) is 6.92 Å². The molecule has 15 heavy (non-hydrogen) atoms. The first-order chi connectivity index (χ1) is 6.92. The summed E-state index contributed by atoms with van der Waals surface area (Å²) in [6.07, 6.45) is -2.90. The van der Waals surface area contributed by atoms with Gasteiger partial charge in [0.15, 0.2) is 6.61 Å². The Hall–Kier alpha value is -0.970. The third kappa shape index (κ3) is 3.95. The van der Waals surface area contributed by atoms with E-state index in [0.717, 1.165) is 0 Å². The summed E-state index contributed by atoms with van der Waals surface area (Å²) in [5.41, 5.74) is 1.03. The number of aromatic nitrogens is 1. The fraction of sp³-hybridized carbons (Fsp3) is 0.444. The van der Waals surface area contributed by atoms with Gasteiger partial charge in [-0.15, -0.1) is 11.6 Å². The highest BCUT2D eigenvalue weighted by atomic mass is 35.5. The zero-order chi connectivity index (χ0) is 11.5. The second-order valence-corrected chi connectivity index (χ2v) is 3.25. The van der Waals surface area contributed by atoms with Gasteiger partial charge in [0.25, 0.3) is 0 Å². The van der Waals surface area contributed by atoms with Crippen molar-refractivity contribution in [2.45, 2.75) is 19.0 Å². The highest BCUT2D eigenvalue weighted by molar-refractivity contribution is 6.16. The number of aryl methyl sites for hydroxylation is 1. The fourth-order valence-electron chi connectivity index (χ4n) is 0.934. The maximum Gasteiger partial charge on any atom is 0.422 e. The summed E-state index contributed by atoms with van der Waals surface area (Å²) in [7, 11) is 0. The molecule has 1 rings (SSSR count). The lowest BCUT2D eigenvalue weighted by Gasteiger charge is -2.11. The van der Waals surface area contributed by atoms with Gasteiger partial charge in [0.05, 0.1) is 11.6 Å². The van der Waals surface area contributed by atoms with Crippen molar-refractivity contribution >= 4 is 11.6 Å². The zero-order valence-corrected chi connectivity index (χ0v) is 8.69. The van der Waals surface area contributed by atoms with Crippen molar-refractivity contribution in [1.29, 1.82) is 0 Å². The minimum Gasteiger partial charge on any atom is -0.484 e. The SMILES string of the molecule is Cc1cnc(CCl)cc1OCC(F)(F)F. The summed E-state index contributed by atoms with van der Waals surface area (Å²) in [6, 6.07) is 1.41. The molecular formula is C9H9ClF3NO. The lowest BCUT2D eigenvalue weighted by molar-refractivity contribution is -0.153. The molecule has 0 fully saturated rings. The lowest BCUT2D eigenvalue weighted by atomic mass is 10.2. The van der Waals surface area contributed by atoms with Crippen molar-refractivity contribution in [1.82, 2.24) is 4.98 Å². The van der Waals surface area contributed by atoms with Crippen LogP contribution < -0.4 is 4.74 Å². The van der Waals surface area contributed by atoms with Crippen LogP contribution >= 0.6 is 11.6 Å². The second-order valence-electron chi connectivity index (χ2n) is 2.98. The molecule has 0 spiro atoms. The van der Waals surface area contributed by atoms with Gasteiger partial charge in [-0.1, -0.05) is 0 Å². The van der Waals surface area contributed by atoms with Crippen LogP contribution in [-0.2, 0) is 5.88 Å².